The summed E-state index contributed by atoms with van der Waals surface area (Å²) in [6.45, 7) is 1.40. The van der Waals surface area contributed by atoms with E-state index in [1.807, 2.05) is 0 Å². The number of nitrogens with one attached hydrogen (secondary N) is 2. The van der Waals surface area contributed by atoms with Gasteiger partial charge in [0, 0.05) is 28.8 Å². The molecule has 0 aliphatic carbocycles. The van der Waals surface area contributed by atoms with E-state index in [0.717, 1.165) is 0 Å². The van der Waals surface area contributed by atoms with Gasteiger partial charge < -0.3 is 10.1 Å². The first-order chi connectivity index (χ1) is 7.63. The molecule has 1 fully saturated rings. The van der Waals surface area contributed by atoms with Crippen molar-refractivity contribution in [2.24, 2.45) is 0 Å². The van der Waals surface area contributed by atoms with Gasteiger partial charge in [0.15, 0.2) is 0 Å². The number of hydrogen-bond acceptors (Lipinski definition) is 3. The number of carbonyl (C=O) groups excluding carboxylic acids is 1. The fraction of sp³-hybridized carbons (Fsp3) is 0.300. The van der Waals surface area contributed by atoms with Crippen LogP contribution in [-0.2, 0) is 4.74 Å². The zero-order valence-electron chi connectivity index (χ0n) is 8.30. The van der Waals surface area contributed by atoms with Crippen LogP contribution < -0.4 is 10.6 Å². The largest absolute Gasteiger partial charge is 0.443 e. The smallest absolute Gasteiger partial charge is 0.411 e. The summed E-state index contributed by atoms with van der Waals surface area (Å²) in [5.74, 6) is 0. The topological polar surface area (TPSA) is 50.4 Å². The predicted molar refractivity (Wildman–Crippen MR) is 63.2 cm³/mol. The Morgan fingerprint density at radius 1 is 1.31 bits per heavy atom. The molecule has 1 aromatic carbocycles. The number of ether oxygens (including phenoxy) is 1. The second-order valence-electron chi connectivity index (χ2n) is 3.47. The van der Waals surface area contributed by atoms with Gasteiger partial charge in [0.05, 0.1) is 0 Å². The zero-order valence-corrected chi connectivity index (χ0v) is 9.81. The zero-order chi connectivity index (χ0) is 11.5. The molecule has 0 radical (unpaired) electrons. The maximum atomic E-state index is 11.4. The summed E-state index contributed by atoms with van der Waals surface area (Å²) >= 11 is 11.6. The molecule has 16 heavy (non-hydrogen) atoms. The molecule has 1 saturated heterocycles. The van der Waals surface area contributed by atoms with Crippen LogP contribution in [0, 0.1) is 0 Å². The first-order valence-corrected chi connectivity index (χ1v) is 5.53. The van der Waals surface area contributed by atoms with Crippen LogP contribution in [0.3, 0.4) is 0 Å². The standard InChI is InChI=1S/C10H10Cl2N2O2/c11-6-1-7(12)3-8(2-6)14-10(15)16-9-4-13-5-9/h1-3,9,13H,4-5H2,(H,14,15). The van der Waals surface area contributed by atoms with Gasteiger partial charge in [-0.25, -0.2) is 4.79 Å². The lowest BCUT2D eigenvalue weighted by atomic mass is 10.2. The third-order valence-corrected chi connectivity index (χ3v) is 2.56. The first kappa shape index (κ1) is 11.5. The van der Waals surface area contributed by atoms with Crippen molar-refractivity contribution in [3.63, 3.8) is 0 Å². The van der Waals surface area contributed by atoms with Gasteiger partial charge in [-0.1, -0.05) is 23.2 Å². The molecule has 1 aromatic rings. The molecular weight excluding hydrogens is 251 g/mol. The van der Waals surface area contributed by atoms with Crippen molar-refractivity contribution >= 4 is 35.0 Å². The molecule has 2 rings (SSSR count). The Morgan fingerprint density at radius 3 is 2.44 bits per heavy atom. The summed E-state index contributed by atoms with van der Waals surface area (Å²) in [5, 5.41) is 6.50. The molecule has 6 heteroatoms. The van der Waals surface area contributed by atoms with E-state index in [0.29, 0.717) is 28.8 Å². The monoisotopic (exact) mass is 260 g/mol. The SMILES string of the molecule is O=C(Nc1cc(Cl)cc(Cl)c1)OC1CNC1. The number of hydrogen-bond donors (Lipinski definition) is 2. The summed E-state index contributed by atoms with van der Waals surface area (Å²) < 4.78 is 5.07. The number of rotatable bonds is 2. The third kappa shape index (κ3) is 3.01. The van der Waals surface area contributed by atoms with E-state index in [4.69, 9.17) is 27.9 Å². The fourth-order valence-electron chi connectivity index (χ4n) is 1.27. The lowest BCUT2D eigenvalue weighted by molar-refractivity contribution is 0.0778. The van der Waals surface area contributed by atoms with Gasteiger partial charge in [-0.3, -0.25) is 5.32 Å². The van der Waals surface area contributed by atoms with Crippen molar-refractivity contribution in [2.75, 3.05) is 18.4 Å². The minimum atomic E-state index is -0.496. The van der Waals surface area contributed by atoms with Gasteiger partial charge in [-0.05, 0) is 18.2 Å². The fourth-order valence-corrected chi connectivity index (χ4v) is 1.80. The van der Waals surface area contributed by atoms with Crippen molar-refractivity contribution in [1.82, 2.24) is 5.32 Å². The highest BCUT2D eigenvalue weighted by atomic mass is 35.5. The van der Waals surface area contributed by atoms with Crippen LogP contribution in [0.4, 0.5) is 10.5 Å². The molecule has 0 atom stereocenters. The average Bonchev–Trinajstić information content (AvgIpc) is 2.09. The summed E-state index contributed by atoms with van der Waals surface area (Å²) in [6.07, 6.45) is -0.542. The van der Waals surface area contributed by atoms with E-state index in [9.17, 15) is 4.79 Å². The Hall–Kier alpha value is -0.970. The Bertz CT molecular complexity index is 388. The van der Waals surface area contributed by atoms with E-state index < -0.39 is 6.09 Å². The highest BCUT2D eigenvalue weighted by Crippen LogP contribution is 2.22. The predicted octanol–water partition coefficient (Wildman–Crippen LogP) is 2.51. The van der Waals surface area contributed by atoms with Crippen molar-refractivity contribution in [3.8, 4) is 0 Å². The molecule has 86 valence electrons. The summed E-state index contributed by atoms with van der Waals surface area (Å²) in [7, 11) is 0. The average molecular weight is 261 g/mol. The minimum absolute atomic E-state index is 0.0466. The summed E-state index contributed by atoms with van der Waals surface area (Å²) in [6, 6.07) is 4.80. The number of carbonyl (C=O) groups is 1. The van der Waals surface area contributed by atoms with Crippen LogP contribution in [0.15, 0.2) is 18.2 Å². The highest BCUT2D eigenvalue weighted by molar-refractivity contribution is 6.35. The van der Waals surface area contributed by atoms with Crippen molar-refractivity contribution in [2.45, 2.75) is 6.10 Å². The van der Waals surface area contributed by atoms with Gasteiger partial charge in [0.1, 0.15) is 6.10 Å². The first-order valence-electron chi connectivity index (χ1n) is 4.78. The molecule has 1 aliphatic rings. The molecule has 1 heterocycles. The maximum Gasteiger partial charge on any atom is 0.411 e. The quantitative estimate of drug-likeness (QED) is 0.860. The molecule has 1 aliphatic heterocycles. The number of halogens is 2. The second kappa shape index (κ2) is 4.91. The van der Waals surface area contributed by atoms with Gasteiger partial charge in [0.2, 0.25) is 0 Å². The number of benzene rings is 1. The minimum Gasteiger partial charge on any atom is -0.443 e. The third-order valence-electron chi connectivity index (χ3n) is 2.13. The number of anilines is 1. The summed E-state index contributed by atoms with van der Waals surface area (Å²) in [5.41, 5.74) is 0.523. The highest BCUT2D eigenvalue weighted by Gasteiger charge is 2.20. The van der Waals surface area contributed by atoms with Crippen LogP contribution in [-0.4, -0.2) is 25.3 Å². The molecule has 0 unspecified atom stereocenters. The van der Waals surface area contributed by atoms with Crippen molar-refractivity contribution < 1.29 is 9.53 Å². The lowest BCUT2D eigenvalue weighted by Crippen LogP contribution is -2.49. The van der Waals surface area contributed by atoms with E-state index in [1.54, 1.807) is 18.2 Å². The maximum absolute atomic E-state index is 11.4. The van der Waals surface area contributed by atoms with Crippen LogP contribution >= 0.6 is 23.2 Å². The van der Waals surface area contributed by atoms with Crippen LogP contribution in [0.1, 0.15) is 0 Å². The molecule has 2 N–H and O–H groups in total. The van der Waals surface area contributed by atoms with Crippen molar-refractivity contribution in [3.05, 3.63) is 28.2 Å². The molecule has 1 amide bonds. The Labute approximate surface area is 103 Å². The van der Waals surface area contributed by atoms with Gasteiger partial charge >= 0.3 is 6.09 Å². The Balaban J connectivity index is 1.94. The van der Waals surface area contributed by atoms with E-state index >= 15 is 0 Å². The van der Waals surface area contributed by atoms with Gasteiger partial charge in [-0.15, -0.1) is 0 Å². The number of amides is 1. The van der Waals surface area contributed by atoms with Gasteiger partial charge in [0.25, 0.3) is 0 Å². The molecular formula is C10H10Cl2N2O2. The van der Waals surface area contributed by atoms with E-state index in [1.165, 1.54) is 0 Å². The Morgan fingerprint density at radius 2 is 1.94 bits per heavy atom. The van der Waals surface area contributed by atoms with Crippen LogP contribution in [0.25, 0.3) is 0 Å². The molecule has 0 bridgehead atoms. The second-order valence-corrected chi connectivity index (χ2v) is 4.34. The van der Waals surface area contributed by atoms with Crippen molar-refractivity contribution in [1.29, 1.82) is 0 Å². The summed E-state index contributed by atoms with van der Waals surface area (Å²) in [4.78, 5) is 11.4. The van der Waals surface area contributed by atoms with Crippen LogP contribution in [0.2, 0.25) is 10.0 Å². The van der Waals surface area contributed by atoms with Gasteiger partial charge in [-0.2, -0.15) is 0 Å². The lowest BCUT2D eigenvalue weighted by Gasteiger charge is -2.26. The Kier molecular flexibility index (Phi) is 3.53. The van der Waals surface area contributed by atoms with E-state index in [2.05, 4.69) is 10.6 Å². The molecule has 0 spiro atoms. The molecule has 4 nitrogen and oxygen atoms in total. The molecule has 0 aromatic heterocycles. The van der Waals surface area contributed by atoms with E-state index in [-0.39, 0.29) is 6.10 Å². The normalized spacial score (nSPS) is 15.4. The molecule has 0 saturated carbocycles. The van der Waals surface area contributed by atoms with Crippen LogP contribution in [0.5, 0.6) is 0 Å².